The summed E-state index contributed by atoms with van der Waals surface area (Å²) in [6, 6.07) is 6.16. The van der Waals surface area contributed by atoms with Gasteiger partial charge in [-0.3, -0.25) is 9.59 Å². The SMILES string of the molecule is O=C(NCCC1=CCCCC1)c1cccc(C(=O)NC2CCS(=O)(=O)C2)c1. The molecule has 2 amide bonds. The highest BCUT2D eigenvalue weighted by molar-refractivity contribution is 7.91. The van der Waals surface area contributed by atoms with E-state index in [0.29, 0.717) is 24.1 Å². The fraction of sp³-hybridized carbons (Fsp3) is 0.500. The number of nitrogens with one attached hydrogen (secondary N) is 2. The lowest BCUT2D eigenvalue weighted by Gasteiger charge is -2.13. The average molecular weight is 391 g/mol. The summed E-state index contributed by atoms with van der Waals surface area (Å²) in [7, 11) is -3.05. The Balaban J connectivity index is 1.53. The molecule has 1 fully saturated rings. The van der Waals surface area contributed by atoms with Crippen LogP contribution in [0.4, 0.5) is 0 Å². The number of hydrogen-bond donors (Lipinski definition) is 2. The molecule has 2 N–H and O–H groups in total. The molecule has 1 unspecified atom stereocenters. The van der Waals surface area contributed by atoms with Crippen molar-refractivity contribution in [3.05, 3.63) is 47.0 Å². The van der Waals surface area contributed by atoms with Gasteiger partial charge in [-0.05, 0) is 56.7 Å². The number of carbonyl (C=O) groups excluding carboxylic acids is 2. The van der Waals surface area contributed by atoms with Crippen LogP contribution in [0.5, 0.6) is 0 Å². The summed E-state index contributed by atoms with van der Waals surface area (Å²) in [6.07, 6.45) is 8.28. The second-order valence-electron chi connectivity index (χ2n) is 7.27. The smallest absolute Gasteiger partial charge is 0.251 e. The zero-order valence-electron chi connectivity index (χ0n) is 15.4. The van der Waals surface area contributed by atoms with Gasteiger partial charge in [-0.1, -0.05) is 17.7 Å². The third kappa shape index (κ3) is 5.66. The van der Waals surface area contributed by atoms with Gasteiger partial charge in [0.2, 0.25) is 0 Å². The molecule has 7 heteroatoms. The molecule has 1 aliphatic heterocycles. The van der Waals surface area contributed by atoms with E-state index in [1.807, 2.05) is 0 Å². The molecular formula is C20H26N2O4S. The predicted octanol–water partition coefficient (Wildman–Crippen LogP) is 2.22. The normalized spacial score (nSPS) is 21.3. The molecule has 0 bridgehead atoms. The van der Waals surface area contributed by atoms with Crippen molar-refractivity contribution in [2.45, 2.75) is 44.6 Å². The molecule has 6 nitrogen and oxygen atoms in total. The van der Waals surface area contributed by atoms with Crippen LogP contribution in [-0.2, 0) is 9.84 Å². The van der Waals surface area contributed by atoms with E-state index in [2.05, 4.69) is 16.7 Å². The molecule has 1 saturated heterocycles. The number of allylic oxidation sites excluding steroid dienone is 1. The Hall–Kier alpha value is -2.15. The molecule has 1 heterocycles. The minimum atomic E-state index is -3.05. The zero-order chi connectivity index (χ0) is 19.3. The molecule has 0 spiro atoms. The fourth-order valence-electron chi connectivity index (χ4n) is 3.55. The summed E-state index contributed by atoms with van der Waals surface area (Å²) >= 11 is 0. The molecular weight excluding hydrogens is 364 g/mol. The molecule has 146 valence electrons. The highest BCUT2D eigenvalue weighted by Gasteiger charge is 2.29. The number of hydrogen-bond acceptors (Lipinski definition) is 4. The maximum Gasteiger partial charge on any atom is 0.251 e. The van der Waals surface area contributed by atoms with Crippen molar-refractivity contribution in [3.63, 3.8) is 0 Å². The van der Waals surface area contributed by atoms with Crippen LogP contribution in [0.1, 0.15) is 59.2 Å². The van der Waals surface area contributed by atoms with Gasteiger partial charge in [0.15, 0.2) is 9.84 Å². The molecule has 1 aromatic carbocycles. The van der Waals surface area contributed by atoms with Gasteiger partial charge in [0, 0.05) is 23.7 Å². The second-order valence-corrected chi connectivity index (χ2v) is 9.50. The number of carbonyl (C=O) groups is 2. The van der Waals surface area contributed by atoms with Crippen molar-refractivity contribution in [1.82, 2.24) is 10.6 Å². The monoisotopic (exact) mass is 390 g/mol. The lowest BCUT2D eigenvalue weighted by Crippen LogP contribution is -2.35. The van der Waals surface area contributed by atoms with Crippen molar-refractivity contribution in [2.24, 2.45) is 0 Å². The van der Waals surface area contributed by atoms with E-state index in [-0.39, 0.29) is 29.4 Å². The largest absolute Gasteiger partial charge is 0.352 e. The summed E-state index contributed by atoms with van der Waals surface area (Å²) in [5, 5.41) is 5.65. The minimum Gasteiger partial charge on any atom is -0.352 e. The Labute approximate surface area is 160 Å². The van der Waals surface area contributed by atoms with Gasteiger partial charge in [-0.25, -0.2) is 8.42 Å². The Morgan fingerprint density at radius 1 is 1.11 bits per heavy atom. The highest BCUT2D eigenvalue weighted by Crippen LogP contribution is 2.19. The summed E-state index contributed by atoms with van der Waals surface area (Å²) in [5.41, 5.74) is 2.20. The number of sulfone groups is 1. The Morgan fingerprint density at radius 2 is 1.89 bits per heavy atom. The van der Waals surface area contributed by atoms with Crippen LogP contribution in [0.3, 0.4) is 0 Å². The molecule has 1 aliphatic carbocycles. The molecule has 2 aliphatic rings. The van der Waals surface area contributed by atoms with Gasteiger partial charge in [-0.15, -0.1) is 0 Å². The van der Waals surface area contributed by atoms with Crippen LogP contribution in [0.25, 0.3) is 0 Å². The van der Waals surface area contributed by atoms with Gasteiger partial charge in [0.1, 0.15) is 0 Å². The molecule has 3 rings (SSSR count). The third-order valence-electron chi connectivity index (χ3n) is 5.07. The third-order valence-corrected chi connectivity index (χ3v) is 6.84. The quantitative estimate of drug-likeness (QED) is 0.729. The van der Waals surface area contributed by atoms with Gasteiger partial charge >= 0.3 is 0 Å². The maximum atomic E-state index is 12.4. The van der Waals surface area contributed by atoms with Crippen LogP contribution >= 0.6 is 0 Å². The predicted molar refractivity (Wildman–Crippen MR) is 104 cm³/mol. The average Bonchev–Trinajstić information content (AvgIpc) is 3.01. The lowest BCUT2D eigenvalue weighted by atomic mass is 9.97. The molecule has 1 aromatic rings. The Morgan fingerprint density at radius 3 is 2.56 bits per heavy atom. The van der Waals surface area contributed by atoms with Crippen LogP contribution < -0.4 is 10.6 Å². The lowest BCUT2D eigenvalue weighted by molar-refractivity contribution is 0.0941. The Kier molecular flexibility index (Phi) is 6.31. The summed E-state index contributed by atoms with van der Waals surface area (Å²) in [6.45, 7) is 0.584. The standard InChI is InChI=1S/C20H26N2O4S/c23-19(21-11-9-15-5-2-1-3-6-15)16-7-4-8-17(13-16)20(24)22-18-10-12-27(25,26)14-18/h4-5,7-8,13,18H,1-3,6,9-12,14H2,(H,21,23)(H,22,24). The van der Waals surface area contributed by atoms with E-state index < -0.39 is 9.84 Å². The summed E-state index contributed by atoms with van der Waals surface area (Å²) in [4.78, 5) is 24.7. The van der Waals surface area contributed by atoms with Gasteiger partial charge in [0.25, 0.3) is 11.8 Å². The van der Waals surface area contributed by atoms with Crippen molar-refractivity contribution >= 4 is 21.7 Å². The summed E-state index contributed by atoms with van der Waals surface area (Å²) < 4.78 is 23.0. The van der Waals surface area contributed by atoms with Gasteiger partial charge in [0.05, 0.1) is 11.5 Å². The van der Waals surface area contributed by atoms with Crippen LogP contribution in [-0.4, -0.2) is 44.3 Å². The molecule has 1 atom stereocenters. The van der Waals surface area contributed by atoms with Crippen LogP contribution in [0, 0.1) is 0 Å². The van der Waals surface area contributed by atoms with E-state index in [1.54, 1.807) is 24.3 Å². The zero-order valence-corrected chi connectivity index (χ0v) is 16.2. The van der Waals surface area contributed by atoms with E-state index in [4.69, 9.17) is 0 Å². The van der Waals surface area contributed by atoms with E-state index in [1.165, 1.54) is 18.4 Å². The van der Waals surface area contributed by atoms with Crippen molar-refractivity contribution < 1.29 is 18.0 Å². The summed E-state index contributed by atoms with van der Waals surface area (Å²) in [5.74, 6) is -0.463. The first-order chi connectivity index (χ1) is 12.9. The fourth-order valence-corrected chi connectivity index (χ4v) is 5.22. The molecule has 0 radical (unpaired) electrons. The minimum absolute atomic E-state index is 0.0191. The Bertz CT molecular complexity index is 845. The first kappa shape index (κ1) is 19.6. The van der Waals surface area contributed by atoms with Crippen LogP contribution in [0.15, 0.2) is 35.9 Å². The topological polar surface area (TPSA) is 92.3 Å². The second kappa shape index (κ2) is 8.69. The van der Waals surface area contributed by atoms with Gasteiger partial charge in [-0.2, -0.15) is 0 Å². The first-order valence-electron chi connectivity index (χ1n) is 9.50. The van der Waals surface area contributed by atoms with Gasteiger partial charge < -0.3 is 10.6 Å². The number of rotatable bonds is 6. The van der Waals surface area contributed by atoms with E-state index in [9.17, 15) is 18.0 Å². The molecule has 27 heavy (non-hydrogen) atoms. The first-order valence-corrected chi connectivity index (χ1v) is 11.3. The number of amides is 2. The highest BCUT2D eigenvalue weighted by atomic mass is 32.2. The van der Waals surface area contributed by atoms with Crippen molar-refractivity contribution in [3.8, 4) is 0 Å². The molecule has 0 aromatic heterocycles. The van der Waals surface area contributed by atoms with Crippen LogP contribution in [0.2, 0.25) is 0 Å². The van der Waals surface area contributed by atoms with E-state index >= 15 is 0 Å². The number of benzene rings is 1. The van der Waals surface area contributed by atoms with Crippen molar-refractivity contribution in [2.75, 3.05) is 18.1 Å². The van der Waals surface area contributed by atoms with Crippen molar-refractivity contribution in [1.29, 1.82) is 0 Å². The maximum absolute atomic E-state index is 12.4. The molecule has 0 saturated carbocycles. The van der Waals surface area contributed by atoms with E-state index in [0.717, 1.165) is 19.3 Å².